The number of nitrogens with zero attached hydrogens (tertiary/aromatic N) is 5. The third-order valence-electron chi connectivity index (χ3n) is 3.94. The minimum absolute atomic E-state index is 0.148. The molecule has 2 aromatic rings. The molecule has 0 amide bonds. The van der Waals surface area contributed by atoms with Gasteiger partial charge in [0, 0.05) is 11.8 Å². The molecule has 1 unspecified atom stereocenters. The van der Waals surface area contributed by atoms with Crippen molar-refractivity contribution in [2.45, 2.75) is 65.0 Å². The molecule has 7 heteroatoms. The van der Waals surface area contributed by atoms with Crippen LogP contribution < -0.4 is 0 Å². The van der Waals surface area contributed by atoms with Crippen molar-refractivity contribution in [2.75, 3.05) is 6.54 Å². The van der Waals surface area contributed by atoms with Crippen molar-refractivity contribution >= 4 is 0 Å². The van der Waals surface area contributed by atoms with E-state index in [0.717, 1.165) is 25.2 Å². The van der Waals surface area contributed by atoms with E-state index in [4.69, 9.17) is 8.94 Å². The molecule has 3 heterocycles. The zero-order valence-electron chi connectivity index (χ0n) is 13.6. The lowest BCUT2D eigenvalue weighted by Crippen LogP contribution is -2.23. The maximum absolute atomic E-state index is 5.70. The van der Waals surface area contributed by atoms with Gasteiger partial charge < -0.3 is 8.94 Å². The Morgan fingerprint density at radius 3 is 2.64 bits per heavy atom. The van der Waals surface area contributed by atoms with Crippen LogP contribution in [0.4, 0.5) is 0 Å². The smallest absolute Gasteiger partial charge is 0.244 e. The van der Waals surface area contributed by atoms with Gasteiger partial charge in [-0.1, -0.05) is 32.9 Å². The summed E-state index contributed by atoms with van der Waals surface area (Å²) < 4.78 is 11.2. The van der Waals surface area contributed by atoms with Crippen LogP contribution in [0.5, 0.6) is 0 Å². The summed E-state index contributed by atoms with van der Waals surface area (Å²) in [6, 6.07) is 0.148. The SMILES string of the molecule is CC(C)c1noc(C2CCCN2Cc2nnc(C(C)C)o2)n1. The molecular formula is C15H23N5O2. The molecule has 1 fully saturated rings. The topological polar surface area (TPSA) is 81.1 Å². The van der Waals surface area contributed by atoms with E-state index in [-0.39, 0.29) is 17.9 Å². The summed E-state index contributed by atoms with van der Waals surface area (Å²) in [7, 11) is 0. The number of likely N-dealkylation sites (tertiary alicyclic amines) is 1. The zero-order valence-corrected chi connectivity index (χ0v) is 13.6. The highest BCUT2D eigenvalue weighted by atomic mass is 16.5. The molecule has 0 saturated carbocycles. The van der Waals surface area contributed by atoms with Crippen LogP contribution in [-0.2, 0) is 6.54 Å². The molecule has 0 bridgehead atoms. The van der Waals surface area contributed by atoms with E-state index in [9.17, 15) is 0 Å². The Hall–Kier alpha value is -1.76. The van der Waals surface area contributed by atoms with Crippen LogP contribution in [0.15, 0.2) is 8.94 Å². The predicted molar refractivity (Wildman–Crippen MR) is 79.2 cm³/mol. The number of aromatic nitrogens is 4. The Morgan fingerprint density at radius 2 is 2.00 bits per heavy atom. The van der Waals surface area contributed by atoms with Gasteiger partial charge in [0.15, 0.2) is 5.82 Å². The number of rotatable bonds is 5. The lowest BCUT2D eigenvalue weighted by atomic mass is 10.2. The zero-order chi connectivity index (χ0) is 15.7. The minimum Gasteiger partial charge on any atom is -0.424 e. The first-order chi connectivity index (χ1) is 10.5. The Balaban J connectivity index is 1.72. The van der Waals surface area contributed by atoms with E-state index in [0.29, 0.717) is 24.2 Å². The van der Waals surface area contributed by atoms with Gasteiger partial charge in [0.2, 0.25) is 17.7 Å². The standard InChI is InChI=1S/C15H23N5O2/c1-9(2)13-16-15(22-19-13)11-6-5-7-20(11)8-12-17-18-14(21-12)10(3)4/h9-11H,5-8H2,1-4H3. The Labute approximate surface area is 130 Å². The summed E-state index contributed by atoms with van der Waals surface area (Å²) in [6.45, 7) is 9.82. The summed E-state index contributed by atoms with van der Waals surface area (Å²) in [4.78, 5) is 6.80. The van der Waals surface area contributed by atoms with Crippen LogP contribution in [0.1, 0.15) is 81.9 Å². The second-order valence-electron chi connectivity index (χ2n) is 6.46. The first kappa shape index (κ1) is 15.1. The molecule has 7 nitrogen and oxygen atoms in total. The molecule has 1 aliphatic rings. The highest BCUT2D eigenvalue weighted by Gasteiger charge is 2.32. The molecule has 1 aliphatic heterocycles. The molecule has 0 spiro atoms. The molecule has 3 rings (SSSR count). The lowest BCUT2D eigenvalue weighted by Gasteiger charge is -2.19. The Morgan fingerprint density at radius 1 is 1.18 bits per heavy atom. The van der Waals surface area contributed by atoms with Crippen molar-refractivity contribution in [3.8, 4) is 0 Å². The van der Waals surface area contributed by atoms with Gasteiger partial charge in [-0.15, -0.1) is 10.2 Å². The molecule has 22 heavy (non-hydrogen) atoms. The largest absolute Gasteiger partial charge is 0.424 e. The Kier molecular flexibility index (Phi) is 4.24. The molecular weight excluding hydrogens is 282 g/mol. The van der Waals surface area contributed by atoms with Crippen LogP contribution >= 0.6 is 0 Å². The molecule has 0 N–H and O–H groups in total. The molecule has 1 atom stereocenters. The van der Waals surface area contributed by atoms with Gasteiger partial charge in [0.05, 0.1) is 12.6 Å². The Bertz CT molecular complexity index is 619. The maximum atomic E-state index is 5.70. The average Bonchev–Trinajstić information content (AvgIpc) is 3.18. The van der Waals surface area contributed by atoms with Crippen molar-refractivity contribution in [3.05, 3.63) is 23.5 Å². The molecule has 120 valence electrons. The number of hydrogen-bond acceptors (Lipinski definition) is 7. The van der Waals surface area contributed by atoms with Gasteiger partial charge in [-0.05, 0) is 19.4 Å². The summed E-state index contributed by atoms with van der Waals surface area (Å²) >= 11 is 0. The van der Waals surface area contributed by atoms with Gasteiger partial charge in [-0.2, -0.15) is 4.98 Å². The maximum Gasteiger partial charge on any atom is 0.244 e. The van der Waals surface area contributed by atoms with Crippen LogP contribution in [0.2, 0.25) is 0 Å². The van der Waals surface area contributed by atoms with E-state index >= 15 is 0 Å². The monoisotopic (exact) mass is 305 g/mol. The third kappa shape index (κ3) is 3.04. The fourth-order valence-corrected chi connectivity index (χ4v) is 2.65. The summed E-state index contributed by atoms with van der Waals surface area (Å²) in [5.41, 5.74) is 0. The highest BCUT2D eigenvalue weighted by Crippen LogP contribution is 2.32. The minimum atomic E-state index is 0.148. The van der Waals surface area contributed by atoms with E-state index in [1.165, 1.54) is 0 Å². The quantitative estimate of drug-likeness (QED) is 0.839. The van der Waals surface area contributed by atoms with Crippen molar-refractivity contribution in [2.24, 2.45) is 0 Å². The summed E-state index contributed by atoms with van der Waals surface area (Å²) in [5, 5.41) is 12.3. The van der Waals surface area contributed by atoms with Crippen molar-refractivity contribution in [1.29, 1.82) is 0 Å². The predicted octanol–water partition coefficient (Wildman–Crippen LogP) is 3.04. The van der Waals surface area contributed by atoms with Gasteiger partial charge >= 0.3 is 0 Å². The van der Waals surface area contributed by atoms with Crippen LogP contribution in [0, 0.1) is 0 Å². The molecule has 1 saturated heterocycles. The van der Waals surface area contributed by atoms with Crippen molar-refractivity contribution < 1.29 is 8.94 Å². The fourth-order valence-electron chi connectivity index (χ4n) is 2.65. The van der Waals surface area contributed by atoms with Gasteiger partial charge in [-0.3, -0.25) is 4.90 Å². The van der Waals surface area contributed by atoms with Crippen molar-refractivity contribution in [3.63, 3.8) is 0 Å². The lowest BCUT2D eigenvalue weighted by molar-refractivity contribution is 0.184. The second-order valence-corrected chi connectivity index (χ2v) is 6.46. The third-order valence-corrected chi connectivity index (χ3v) is 3.94. The number of hydrogen-bond donors (Lipinski definition) is 0. The second kappa shape index (κ2) is 6.16. The normalized spacial score (nSPS) is 19.6. The van der Waals surface area contributed by atoms with Gasteiger partial charge in [0.1, 0.15) is 0 Å². The van der Waals surface area contributed by atoms with Gasteiger partial charge in [0.25, 0.3) is 0 Å². The molecule has 0 aliphatic carbocycles. The average molecular weight is 305 g/mol. The van der Waals surface area contributed by atoms with E-state index in [1.54, 1.807) is 0 Å². The van der Waals surface area contributed by atoms with E-state index in [2.05, 4.69) is 39.1 Å². The molecule has 0 radical (unpaired) electrons. The van der Waals surface area contributed by atoms with E-state index < -0.39 is 0 Å². The highest BCUT2D eigenvalue weighted by molar-refractivity contribution is 5.00. The summed E-state index contributed by atoms with van der Waals surface area (Å²) in [5.74, 6) is 3.33. The first-order valence-electron chi connectivity index (χ1n) is 7.94. The molecule has 0 aromatic carbocycles. The molecule has 2 aromatic heterocycles. The van der Waals surface area contributed by atoms with Crippen LogP contribution in [0.3, 0.4) is 0 Å². The van der Waals surface area contributed by atoms with E-state index in [1.807, 2.05) is 13.8 Å². The van der Waals surface area contributed by atoms with Crippen molar-refractivity contribution in [1.82, 2.24) is 25.2 Å². The first-order valence-corrected chi connectivity index (χ1v) is 7.94. The summed E-state index contributed by atoms with van der Waals surface area (Å²) in [6.07, 6.45) is 2.13. The fraction of sp³-hybridized carbons (Fsp3) is 0.733. The van der Waals surface area contributed by atoms with Gasteiger partial charge in [-0.25, -0.2) is 0 Å². The van der Waals surface area contributed by atoms with Crippen LogP contribution in [-0.4, -0.2) is 31.8 Å². The van der Waals surface area contributed by atoms with Crippen LogP contribution in [0.25, 0.3) is 0 Å².